The third-order valence-corrected chi connectivity index (χ3v) is 6.82. The molecule has 7 nitrogen and oxygen atoms in total. The Balaban J connectivity index is 0.00000320. The number of pyridine rings is 1. The van der Waals surface area contributed by atoms with E-state index in [4.69, 9.17) is 0 Å². The van der Waals surface area contributed by atoms with E-state index in [0.717, 1.165) is 25.0 Å². The lowest BCUT2D eigenvalue weighted by atomic mass is 10.2. The van der Waals surface area contributed by atoms with Crippen molar-refractivity contribution >= 4 is 40.0 Å². The van der Waals surface area contributed by atoms with Crippen molar-refractivity contribution in [3.63, 3.8) is 0 Å². The fourth-order valence-electron chi connectivity index (χ4n) is 3.31. The predicted molar refractivity (Wildman–Crippen MR) is 130 cm³/mol. The van der Waals surface area contributed by atoms with E-state index in [0.29, 0.717) is 42.6 Å². The van der Waals surface area contributed by atoms with Crippen LogP contribution >= 0.6 is 24.0 Å². The highest BCUT2D eigenvalue weighted by atomic mass is 127. The molecule has 1 aliphatic rings. The van der Waals surface area contributed by atoms with E-state index in [1.54, 1.807) is 22.6 Å². The SMILES string of the molecule is CCNC(=NCc1ccccc1S(=O)(=O)N1CCCCC1)NCc1ccccn1.I. The highest BCUT2D eigenvalue weighted by molar-refractivity contribution is 14.0. The van der Waals surface area contributed by atoms with Crippen LogP contribution in [0.1, 0.15) is 37.4 Å². The van der Waals surface area contributed by atoms with Crippen molar-refractivity contribution in [2.24, 2.45) is 4.99 Å². The number of nitrogens with one attached hydrogen (secondary N) is 2. The van der Waals surface area contributed by atoms with Crippen LogP contribution in [0.15, 0.2) is 58.5 Å². The highest BCUT2D eigenvalue weighted by Gasteiger charge is 2.27. The molecule has 1 aliphatic heterocycles. The van der Waals surface area contributed by atoms with Gasteiger partial charge in [-0.05, 0) is 43.5 Å². The van der Waals surface area contributed by atoms with E-state index in [1.807, 2.05) is 37.3 Å². The first kappa shape index (κ1) is 24.5. The quantitative estimate of drug-likeness (QED) is 0.319. The van der Waals surface area contributed by atoms with Crippen molar-refractivity contribution < 1.29 is 8.42 Å². The molecule has 0 radical (unpaired) electrons. The lowest BCUT2D eigenvalue weighted by molar-refractivity contribution is 0.346. The minimum atomic E-state index is -3.49. The molecule has 3 rings (SSSR count). The molecule has 0 aliphatic carbocycles. The second-order valence-corrected chi connectivity index (χ2v) is 8.85. The Hall–Kier alpha value is -1.72. The molecule has 1 fully saturated rings. The Morgan fingerprint density at radius 3 is 2.50 bits per heavy atom. The van der Waals surface area contributed by atoms with Gasteiger partial charge in [0.05, 0.1) is 23.7 Å². The number of halogens is 1. The Kier molecular flexibility index (Phi) is 9.99. The molecule has 9 heteroatoms. The first-order chi connectivity index (χ1) is 14.1. The maximum Gasteiger partial charge on any atom is 0.243 e. The van der Waals surface area contributed by atoms with Gasteiger partial charge in [-0.1, -0.05) is 30.7 Å². The molecular formula is C21H30IN5O2S. The first-order valence-electron chi connectivity index (χ1n) is 10.1. The Labute approximate surface area is 196 Å². The number of hydrogen-bond acceptors (Lipinski definition) is 4. The monoisotopic (exact) mass is 543 g/mol. The normalized spacial score (nSPS) is 15.3. The number of guanidine groups is 1. The molecule has 0 atom stereocenters. The fourth-order valence-corrected chi connectivity index (χ4v) is 5.04. The van der Waals surface area contributed by atoms with Crippen molar-refractivity contribution in [3.8, 4) is 0 Å². The van der Waals surface area contributed by atoms with Gasteiger partial charge < -0.3 is 10.6 Å². The maximum absolute atomic E-state index is 13.1. The van der Waals surface area contributed by atoms with Crippen LogP contribution in [0, 0.1) is 0 Å². The van der Waals surface area contributed by atoms with Gasteiger partial charge in [0.1, 0.15) is 0 Å². The number of rotatable bonds is 7. The number of hydrogen-bond donors (Lipinski definition) is 2. The van der Waals surface area contributed by atoms with Crippen LogP contribution in [0.2, 0.25) is 0 Å². The van der Waals surface area contributed by atoms with E-state index in [-0.39, 0.29) is 30.5 Å². The van der Waals surface area contributed by atoms with Gasteiger partial charge in [-0.15, -0.1) is 24.0 Å². The first-order valence-corrected chi connectivity index (χ1v) is 11.6. The van der Waals surface area contributed by atoms with Gasteiger partial charge >= 0.3 is 0 Å². The van der Waals surface area contributed by atoms with E-state index >= 15 is 0 Å². The molecule has 2 N–H and O–H groups in total. The van der Waals surface area contributed by atoms with Crippen LogP contribution < -0.4 is 10.6 Å². The topological polar surface area (TPSA) is 86.7 Å². The number of aromatic nitrogens is 1. The van der Waals surface area contributed by atoms with Crippen molar-refractivity contribution in [1.29, 1.82) is 0 Å². The molecule has 0 unspecified atom stereocenters. The summed E-state index contributed by atoms with van der Waals surface area (Å²) >= 11 is 0. The van der Waals surface area contributed by atoms with E-state index in [1.165, 1.54) is 0 Å². The van der Waals surface area contributed by atoms with Crippen LogP contribution in [0.3, 0.4) is 0 Å². The number of nitrogens with zero attached hydrogens (tertiary/aromatic N) is 3. The van der Waals surface area contributed by atoms with Gasteiger partial charge in [-0.2, -0.15) is 4.31 Å². The standard InChI is InChI=1S/C21H29N5O2S.HI/c1-2-22-21(25-17-19-11-6-7-13-23-19)24-16-18-10-4-5-12-20(18)29(27,28)26-14-8-3-9-15-26;/h4-7,10-13H,2-3,8-9,14-17H2,1H3,(H2,22,24,25);1H. The zero-order valence-electron chi connectivity index (χ0n) is 17.3. The van der Waals surface area contributed by atoms with E-state index < -0.39 is 10.0 Å². The Morgan fingerprint density at radius 1 is 1.07 bits per heavy atom. The average molecular weight is 543 g/mol. The summed E-state index contributed by atoms with van der Waals surface area (Å²) in [5.41, 5.74) is 1.61. The summed E-state index contributed by atoms with van der Waals surface area (Å²) in [6, 6.07) is 12.9. The number of benzene rings is 1. The largest absolute Gasteiger partial charge is 0.357 e. The second-order valence-electron chi connectivity index (χ2n) is 6.94. The molecule has 0 bridgehead atoms. The fraction of sp³-hybridized carbons (Fsp3) is 0.429. The summed E-state index contributed by atoms with van der Waals surface area (Å²) in [4.78, 5) is 9.25. The van der Waals surface area contributed by atoms with Gasteiger partial charge in [-0.3, -0.25) is 4.98 Å². The van der Waals surface area contributed by atoms with E-state index in [2.05, 4.69) is 20.6 Å². The lowest BCUT2D eigenvalue weighted by Gasteiger charge is -2.26. The van der Waals surface area contributed by atoms with Gasteiger partial charge in [0, 0.05) is 25.8 Å². The molecule has 164 valence electrons. The van der Waals surface area contributed by atoms with Gasteiger partial charge in [0.15, 0.2) is 5.96 Å². The molecule has 0 amide bonds. The average Bonchev–Trinajstić information content (AvgIpc) is 2.77. The highest BCUT2D eigenvalue weighted by Crippen LogP contribution is 2.24. The van der Waals surface area contributed by atoms with Crippen molar-refractivity contribution in [2.45, 2.75) is 44.2 Å². The molecule has 2 heterocycles. The summed E-state index contributed by atoms with van der Waals surface area (Å²) in [7, 11) is -3.49. The number of aliphatic imine (C=N–C) groups is 1. The Bertz CT molecular complexity index is 916. The van der Waals surface area contributed by atoms with Gasteiger partial charge in [0.2, 0.25) is 10.0 Å². The number of sulfonamides is 1. The molecule has 2 aromatic rings. The molecule has 1 aromatic heterocycles. The summed E-state index contributed by atoms with van der Waals surface area (Å²) < 4.78 is 27.9. The lowest BCUT2D eigenvalue weighted by Crippen LogP contribution is -2.37. The van der Waals surface area contributed by atoms with Crippen molar-refractivity contribution in [2.75, 3.05) is 19.6 Å². The van der Waals surface area contributed by atoms with Crippen LogP contribution in [0.25, 0.3) is 0 Å². The smallest absolute Gasteiger partial charge is 0.243 e. The molecular weight excluding hydrogens is 513 g/mol. The third kappa shape index (κ3) is 6.64. The molecule has 1 saturated heterocycles. The summed E-state index contributed by atoms with van der Waals surface area (Å²) in [6.45, 7) is 4.71. The minimum absolute atomic E-state index is 0. The van der Waals surface area contributed by atoms with Crippen LogP contribution in [-0.2, 0) is 23.1 Å². The summed E-state index contributed by atoms with van der Waals surface area (Å²) in [5, 5.41) is 6.44. The molecule has 0 spiro atoms. The zero-order chi connectivity index (χ0) is 20.5. The predicted octanol–water partition coefficient (Wildman–Crippen LogP) is 3.13. The third-order valence-electron chi connectivity index (χ3n) is 4.82. The van der Waals surface area contributed by atoms with Crippen molar-refractivity contribution in [3.05, 3.63) is 59.9 Å². The minimum Gasteiger partial charge on any atom is -0.357 e. The second kappa shape index (κ2) is 12.2. The summed E-state index contributed by atoms with van der Waals surface area (Å²) in [6.07, 6.45) is 4.68. The Morgan fingerprint density at radius 2 is 1.80 bits per heavy atom. The van der Waals surface area contributed by atoms with E-state index in [9.17, 15) is 8.42 Å². The van der Waals surface area contributed by atoms with Gasteiger partial charge in [-0.25, -0.2) is 13.4 Å². The van der Waals surface area contributed by atoms with Gasteiger partial charge in [0.25, 0.3) is 0 Å². The summed E-state index contributed by atoms with van der Waals surface area (Å²) in [5.74, 6) is 0.628. The van der Waals surface area contributed by atoms with Crippen LogP contribution in [-0.4, -0.2) is 43.3 Å². The zero-order valence-corrected chi connectivity index (χ0v) is 20.4. The van der Waals surface area contributed by atoms with Crippen LogP contribution in [0.5, 0.6) is 0 Å². The molecule has 1 aromatic carbocycles. The number of piperidine rings is 1. The molecule has 0 saturated carbocycles. The van der Waals surface area contributed by atoms with Crippen molar-refractivity contribution in [1.82, 2.24) is 19.9 Å². The van der Waals surface area contributed by atoms with Crippen LogP contribution in [0.4, 0.5) is 0 Å². The molecule has 30 heavy (non-hydrogen) atoms. The maximum atomic E-state index is 13.1.